The van der Waals surface area contributed by atoms with Gasteiger partial charge in [-0.1, -0.05) is 61.7 Å². The van der Waals surface area contributed by atoms with Crippen LogP contribution in [-0.4, -0.2) is 18.5 Å². The summed E-state index contributed by atoms with van der Waals surface area (Å²) in [5, 5.41) is 0. The molecule has 0 fully saturated rings. The summed E-state index contributed by atoms with van der Waals surface area (Å²) in [5.41, 5.74) is 4.76. The molecule has 35 heavy (non-hydrogen) atoms. The number of esters is 2. The van der Waals surface area contributed by atoms with E-state index in [2.05, 4.69) is 13.2 Å². The summed E-state index contributed by atoms with van der Waals surface area (Å²) in [5.74, 6) is -0.800. The Morgan fingerprint density at radius 2 is 1.37 bits per heavy atom. The molecule has 0 aromatic heterocycles. The topological polar surface area (TPSA) is 52.6 Å². The van der Waals surface area contributed by atoms with Gasteiger partial charge in [0.25, 0.3) is 0 Å². The molecule has 3 aromatic rings. The van der Waals surface area contributed by atoms with E-state index in [-0.39, 0.29) is 11.8 Å². The van der Waals surface area contributed by atoms with Crippen molar-refractivity contribution in [3.63, 3.8) is 0 Å². The van der Waals surface area contributed by atoms with E-state index in [0.29, 0.717) is 34.6 Å². The monoisotopic (exact) mass is 472 g/mol. The van der Waals surface area contributed by atoms with Gasteiger partial charge in [-0.2, -0.15) is 0 Å². The van der Waals surface area contributed by atoms with E-state index >= 15 is 0 Å². The number of hydrogen-bond donors (Lipinski definition) is 0. The molecular formula is C30H29FO4. The first-order valence-corrected chi connectivity index (χ1v) is 11.4. The third-order valence-electron chi connectivity index (χ3n) is 5.42. The molecule has 0 atom stereocenters. The highest BCUT2D eigenvalue weighted by molar-refractivity contribution is 5.89. The van der Waals surface area contributed by atoms with Gasteiger partial charge in [-0.25, -0.2) is 14.0 Å². The average molecular weight is 473 g/mol. The van der Waals surface area contributed by atoms with Crippen molar-refractivity contribution in [2.75, 3.05) is 6.61 Å². The Labute approximate surface area is 205 Å². The van der Waals surface area contributed by atoms with Crippen LogP contribution in [0.15, 0.2) is 91.0 Å². The largest absolute Gasteiger partial charge is 0.462 e. The SMILES string of the molecule is C=C(C)C(=O)OCCCCc1ccc(-c2ccc(-c3ccc(OC(=O)C(=C)C)cc3)c(F)c2)cc1. The summed E-state index contributed by atoms with van der Waals surface area (Å²) in [6.45, 7) is 10.7. The Bertz CT molecular complexity index is 1220. The zero-order valence-corrected chi connectivity index (χ0v) is 20.1. The number of carbonyl (C=O) groups excluding carboxylic acids is 2. The first-order chi connectivity index (χ1) is 16.7. The molecule has 0 bridgehead atoms. The van der Waals surface area contributed by atoms with Crippen LogP contribution >= 0.6 is 0 Å². The molecule has 0 saturated heterocycles. The van der Waals surface area contributed by atoms with Crippen molar-refractivity contribution in [1.82, 2.24) is 0 Å². The second-order valence-corrected chi connectivity index (χ2v) is 8.46. The number of halogens is 1. The molecule has 4 nitrogen and oxygen atoms in total. The van der Waals surface area contributed by atoms with E-state index in [9.17, 15) is 14.0 Å². The fourth-order valence-electron chi connectivity index (χ4n) is 3.41. The molecule has 0 aliphatic heterocycles. The van der Waals surface area contributed by atoms with Crippen LogP contribution < -0.4 is 4.74 Å². The van der Waals surface area contributed by atoms with Gasteiger partial charge in [0.15, 0.2) is 0 Å². The van der Waals surface area contributed by atoms with Crippen LogP contribution in [0.4, 0.5) is 4.39 Å². The number of hydrogen-bond acceptors (Lipinski definition) is 4. The lowest BCUT2D eigenvalue weighted by Crippen LogP contribution is -2.07. The molecule has 0 heterocycles. The van der Waals surface area contributed by atoms with Crippen LogP contribution in [0, 0.1) is 5.82 Å². The Balaban J connectivity index is 1.59. The summed E-state index contributed by atoms with van der Waals surface area (Å²) >= 11 is 0. The standard InChI is InChI=1S/C30H29FO4/c1-20(2)29(32)34-18-6-5-7-22-8-10-23(11-9-22)25-14-17-27(28(31)19-25)24-12-15-26(16-13-24)35-30(33)21(3)4/h8-17,19H,1,3,5-7,18H2,2,4H3. The Morgan fingerprint density at radius 3 is 1.97 bits per heavy atom. The van der Waals surface area contributed by atoms with Gasteiger partial charge in [0, 0.05) is 16.7 Å². The van der Waals surface area contributed by atoms with Crippen molar-refractivity contribution in [2.45, 2.75) is 33.1 Å². The number of rotatable bonds is 10. The maximum absolute atomic E-state index is 14.9. The van der Waals surface area contributed by atoms with Crippen LogP contribution in [0.2, 0.25) is 0 Å². The second-order valence-electron chi connectivity index (χ2n) is 8.46. The van der Waals surface area contributed by atoms with E-state index in [1.165, 1.54) is 11.6 Å². The minimum absolute atomic E-state index is 0.311. The Kier molecular flexibility index (Phi) is 8.74. The molecule has 0 radical (unpaired) electrons. The minimum Gasteiger partial charge on any atom is -0.462 e. The quantitative estimate of drug-likeness (QED) is 0.137. The summed E-state index contributed by atoms with van der Waals surface area (Å²) in [6.07, 6.45) is 2.55. The molecule has 0 amide bonds. The molecule has 0 saturated carbocycles. The summed E-state index contributed by atoms with van der Waals surface area (Å²) in [6, 6.07) is 19.9. The number of aryl methyl sites for hydroxylation is 1. The normalized spacial score (nSPS) is 10.5. The van der Waals surface area contributed by atoms with Crippen LogP contribution in [0.25, 0.3) is 22.3 Å². The second kappa shape index (κ2) is 11.9. The van der Waals surface area contributed by atoms with E-state index < -0.39 is 5.97 Å². The molecule has 3 rings (SSSR count). The lowest BCUT2D eigenvalue weighted by Gasteiger charge is -2.09. The van der Waals surface area contributed by atoms with E-state index in [1.54, 1.807) is 44.2 Å². The molecule has 0 spiro atoms. The minimum atomic E-state index is -0.497. The van der Waals surface area contributed by atoms with Gasteiger partial charge in [0.1, 0.15) is 11.6 Å². The number of benzene rings is 3. The zero-order chi connectivity index (χ0) is 25.4. The van der Waals surface area contributed by atoms with Crippen molar-refractivity contribution in [3.05, 3.63) is 102 Å². The van der Waals surface area contributed by atoms with Gasteiger partial charge >= 0.3 is 11.9 Å². The summed E-state index contributed by atoms with van der Waals surface area (Å²) in [4.78, 5) is 23.0. The van der Waals surface area contributed by atoms with Crippen LogP contribution in [0.1, 0.15) is 32.3 Å². The van der Waals surface area contributed by atoms with Crippen molar-refractivity contribution in [3.8, 4) is 28.0 Å². The van der Waals surface area contributed by atoms with Gasteiger partial charge in [-0.15, -0.1) is 0 Å². The van der Waals surface area contributed by atoms with E-state index in [4.69, 9.17) is 9.47 Å². The van der Waals surface area contributed by atoms with E-state index in [0.717, 1.165) is 30.4 Å². The highest BCUT2D eigenvalue weighted by Crippen LogP contribution is 2.29. The highest BCUT2D eigenvalue weighted by atomic mass is 19.1. The fourth-order valence-corrected chi connectivity index (χ4v) is 3.41. The van der Waals surface area contributed by atoms with Crippen molar-refractivity contribution < 1.29 is 23.5 Å². The molecule has 5 heteroatoms. The molecule has 0 aliphatic carbocycles. The third kappa shape index (κ3) is 7.24. The first-order valence-electron chi connectivity index (χ1n) is 11.4. The predicted molar refractivity (Wildman–Crippen MR) is 136 cm³/mol. The maximum atomic E-state index is 14.9. The molecule has 3 aromatic carbocycles. The summed E-state index contributed by atoms with van der Waals surface area (Å²) in [7, 11) is 0. The lowest BCUT2D eigenvalue weighted by molar-refractivity contribution is -0.139. The summed E-state index contributed by atoms with van der Waals surface area (Å²) < 4.78 is 25.2. The number of ether oxygens (including phenoxy) is 2. The van der Waals surface area contributed by atoms with Crippen LogP contribution in [0.3, 0.4) is 0 Å². The zero-order valence-electron chi connectivity index (χ0n) is 20.1. The number of unbranched alkanes of at least 4 members (excludes halogenated alkanes) is 1. The molecule has 0 unspecified atom stereocenters. The predicted octanol–water partition coefficient (Wildman–Crippen LogP) is 7.08. The van der Waals surface area contributed by atoms with Gasteiger partial charge in [-0.05, 0) is 73.6 Å². The molecule has 0 aliphatic rings. The highest BCUT2D eigenvalue weighted by Gasteiger charge is 2.10. The van der Waals surface area contributed by atoms with E-state index in [1.807, 2.05) is 30.3 Å². The molecule has 180 valence electrons. The maximum Gasteiger partial charge on any atom is 0.338 e. The lowest BCUT2D eigenvalue weighted by atomic mass is 9.98. The van der Waals surface area contributed by atoms with Crippen LogP contribution in [-0.2, 0) is 20.7 Å². The van der Waals surface area contributed by atoms with Crippen LogP contribution in [0.5, 0.6) is 5.75 Å². The van der Waals surface area contributed by atoms with Gasteiger partial charge in [0.2, 0.25) is 0 Å². The third-order valence-corrected chi connectivity index (χ3v) is 5.42. The van der Waals surface area contributed by atoms with Crippen molar-refractivity contribution >= 4 is 11.9 Å². The Morgan fingerprint density at radius 1 is 0.771 bits per heavy atom. The Hall–Kier alpha value is -3.99. The fraction of sp³-hybridized carbons (Fsp3) is 0.200. The van der Waals surface area contributed by atoms with Gasteiger partial charge in [-0.3, -0.25) is 0 Å². The molecular weight excluding hydrogens is 443 g/mol. The van der Waals surface area contributed by atoms with Crippen molar-refractivity contribution in [2.24, 2.45) is 0 Å². The van der Waals surface area contributed by atoms with Crippen molar-refractivity contribution in [1.29, 1.82) is 0 Å². The van der Waals surface area contributed by atoms with Gasteiger partial charge in [0.05, 0.1) is 6.61 Å². The molecule has 0 N–H and O–H groups in total. The first kappa shape index (κ1) is 25.6. The van der Waals surface area contributed by atoms with Gasteiger partial charge < -0.3 is 9.47 Å². The smallest absolute Gasteiger partial charge is 0.338 e. The average Bonchev–Trinajstić information content (AvgIpc) is 2.84. The number of carbonyl (C=O) groups is 2.